The van der Waals surface area contributed by atoms with Gasteiger partial charge in [0.2, 0.25) is 5.91 Å². The number of nitrogens with zero attached hydrogens (tertiary/aromatic N) is 3. The van der Waals surface area contributed by atoms with Gasteiger partial charge in [-0.15, -0.1) is 5.10 Å². The Kier molecular flexibility index (Phi) is 5.06. The molecule has 0 aliphatic carbocycles. The van der Waals surface area contributed by atoms with Crippen LogP contribution in [0.4, 0.5) is 5.69 Å². The second-order valence-corrected chi connectivity index (χ2v) is 5.78. The number of nitro groups is 1. The summed E-state index contributed by atoms with van der Waals surface area (Å²) in [6.45, 7) is 1.62. The summed E-state index contributed by atoms with van der Waals surface area (Å²) < 4.78 is 0. The van der Waals surface area contributed by atoms with E-state index in [2.05, 4.69) is 15.5 Å². The van der Waals surface area contributed by atoms with E-state index in [1.54, 1.807) is 13.0 Å². The second kappa shape index (κ2) is 7.01. The molecule has 0 spiro atoms. The molecular weight excluding hydrogens is 324 g/mol. The Hall–Kier alpha value is -2.75. The van der Waals surface area contributed by atoms with E-state index >= 15 is 0 Å². The molecule has 1 unspecified atom stereocenters. The zero-order valence-electron chi connectivity index (χ0n) is 11.9. The third-order valence-corrected chi connectivity index (χ3v) is 3.97. The summed E-state index contributed by atoms with van der Waals surface area (Å²) in [4.78, 5) is 32.4. The van der Waals surface area contributed by atoms with Gasteiger partial charge >= 0.3 is 5.97 Å². The van der Waals surface area contributed by atoms with Crippen molar-refractivity contribution >= 4 is 40.2 Å². The molecule has 23 heavy (non-hydrogen) atoms. The lowest BCUT2D eigenvalue weighted by molar-refractivity contribution is -0.384. The van der Waals surface area contributed by atoms with E-state index in [9.17, 15) is 19.7 Å². The van der Waals surface area contributed by atoms with E-state index in [-0.39, 0.29) is 17.3 Å². The number of non-ortho nitro benzene ring substituents is 1. The Labute approximate surface area is 134 Å². The predicted molar refractivity (Wildman–Crippen MR) is 84.5 cm³/mol. The van der Waals surface area contributed by atoms with Crippen molar-refractivity contribution < 1.29 is 19.6 Å². The number of hydrogen-bond donors (Lipinski definition) is 2. The molecule has 2 N–H and O–H groups in total. The number of amidine groups is 1. The van der Waals surface area contributed by atoms with Gasteiger partial charge in [-0.1, -0.05) is 23.9 Å². The molecule has 1 fully saturated rings. The first kappa shape index (κ1) is 16.6. The quantitative estimate of drug-likeness (QED) is 0.474. The van der Waals surface area contributed by atoms with Crippen LogP contribution in [0.2, 0.25) is 0 Å². The zero-order chi connectivity index (χ0) is 17.0. The molecule has 10 heteroatoms. The average Bonchev–Trinajstić information content (AvgIpc) is 2.84. The van der Waals surface area contributed by atoms with Gasteiger partial charge in [0, 0.05) is 17.7 Å². The SMILES string of the molecule is C/C(=N/N=C1\NC(=O)C(CC(=O)O)S1)c1cccc([N+](=O)[O-])c1. The van der Waals surface area contributed by atoms with Crippen molar-refractivity contribution in [2.45, 2.75) is 18.6 Å². The first-order valence-corrected chi connectivity index (χ1v) is 7.31. The molecule has 2 rings (SSSR count). The summed E-state index contributed by atoms with van der Waals surface area (Å²) in [6, 6.07) is 5.92. The van der Waals surface area contributed by atoms with Crippen LogP contribution in [0, 0.1) is 10.1 Å². The molecule has 1 aliphatic heterocycles. The maximum absolute atomic E-state index is 11.6. The number of nitro benzene ring substituents is 1. The van der Waals surface area contributed by atoms with Gasteiger partial charge in [-0.05, 0) is 6.92 Å². The Balaban J connectivity index is 2.13. The normalized spacial score (nSPS) is 19.7. The number of benzene rings is 1. The number of carbonyl (C=O) groups excluding carboxylic acids is 1. The molecule has 0 radical (unpaired) electrons. The largest absolute Gasteiger partial charge is 0.481 e. The molecule has 0 aromatic heterocycles. The van der Waals surface area contributed by atoms with Crippen molar-refractivity contribution in [3.05, 3.63) is 39.9 Å². The third kappa shape index (κ3) is 4.36. The van der Waals surface area contributed by atoms with E-state index in [0.717, 1.165) is 11.8 Å². The Morgan fingerprint density at radius 3 is 2.91 bits per heavy atom. The second-order valence-electron chi connectivity index (χ2n) is 4.59. The number of amides is 1. The zero-order valence-corrected chi connectivity index (χ0v) is 12.7. The molecule has 1 heterocycles. The minimum Gasteiger partial charge on any atom is -0.481 e. The van der Waals surface area contributed by atoms with Crippen LogP contribution >= 0.6 is 11.8 Å². The van der Waals surface area contributed by atoms with Crippen LogP contribution in [-0.4, -0.2) is 38.0 Å². The highest BCUT2D eigenvalue weighted by Gasteiger charge is 2.32. The first-order chi connectivity index (χ1) is 10.9. The number of hydrogen-bond acceptors (Lipinski definition) is 7. The smallest absolute Gasteiger partial charge is 0.305 e. The van der Waals surface area contributed by atoms with Crippen LogP contribution in [0.1, 0.15) is 18.9 Å². The van der Waals surface area contributed by atoms with E-state index < -0.39 is 22.0 Å². The van der Waals surface area contributed by atoms with Crippen LogP contribution in [0.25, 0.3) is 0 Å². The highest BCUT2D eigenvalue weighted by atomic mass is 32.2. The molecule has 1 saturated heterocycles. The monoisotopic (exact) mass is 336 g/mol. The molecule has 120 valence electrons. The molecule has 0 bridgehead atoms. The van der Waals surface area contributed by atoms with Crippen LogP contribution in [0.3, 0.4) is 0 Å². The topological polar surface area (TPSA) is 134 Å². The molecule has 1 aromatic rings. The lowest BCUT2D eigenvalue weighted by Gasteiger charge is -1.99. The third-order valence-electron chi connectivity index (χ3n) is 2.90. The Morgan fingerprint density at radius 1 is 1.52 bits per heavy atom. The summed E-state index contributed by atoms with van der Waals surface area (Å²) in [5, 5.41) is 29.1. The maximum atomic E-state index is 11.6. The summed E-state index contributed by atoms with van der Waals surface area (Å²) in [6.07, 6.45) is -0.302. The molecule has 1 atom stereocenters. The van der Waals surface area contributed by atoms with Gasteiger partial charge in [0.15, 0.2) is 5.17 Å². The Morgan fingerprint density at radius 2 is 2.26 bits per heavy atom. The predicted octanol–water partition coefficient (Wildman–Crippen LogP) is 1.38. The number of carboxylic acid groups (broad SMARTS) is 1. The average molecular weight is 336 g/mol. The summed E-state index contributed by atoms with van der Waals surface area (Å²) in [5.41, 5.74) is 0.896. The first-order valence-electron chi connectivity index (χ1n) is 6.43. The summed E-state index contributed by atoms with van der Waals surface area (Å²) in [5.74, 6) is -1.51. The minimum absolute atomic E-state index is 0.0604. The number of rotatable bonds is 5. The van der Waals surface area contributed by atoms with Gasteiger partial charge in [-0.25, -0.2) is 0 Å². The lowest BCUT2D eigenvalue weighted by Crippen LogP contribution is -2.26. The molecule has 9 nitrogen and oxygen atoms in total. The maximum Gasteiger partial charge on any atom is 0.305 e. The van der Waals surface area contributed by atoms with Crippen LogP contribution in [-0.2, 0) is 9.59 Å². The van der Waals surface area contributed by atoms with Crippen LogP contribution < -0.4 is 5.32 Å². The van der Waals surface area contributed by atoms with E-state index in [4.69, 9.17) is 5.11 Å². The highest BCUT2D eigenvalue weighted by Crippen LogP contribution is 2.22. The fourth-order valence-corrected chi connectivity index (χ4v) is 2.68. The van der Waals surface area contributed by atoms with Crippen LogP contribution in [0.5, 0.6) is 0 Å². The van der Waals surface area contributed by atoms with Crippen molar-refractivity contribution in [1.82, 2.24) is 5.32 Å². The van der Waals surface area contributed by atoms with Crippen molar-refractivity contribution in [2.75, 3.05) is 0 Å². The van der Waals surface area contributed by atoms with E-state index in [0.29, 0.717) is 11.3 Å². The fraction of sp³-hybridized carbons (Fsp3) is 0.231. The van der Waals surface area contributed by atoms with Crippen LogP contribution in [0.15, 0.2) is 34.5 Å². The molecule has 1 aliphatic rings. The molecular formula is C13H12N4O5S. The number of carbonyl (C=O) groups is 2. The molecule has 1 aromatic carbocycles. The van der Waals surface area contributed by atoms with Gasteiger partial charge < -0.3 is 10.4 Å². The number of thioether (sulfide) groups is 1. The lowest BCUT2D eigenvalue weighted by atomic mass is 10.1. The molecule has 0 saturated carbocycles. The van der Waals surface area contributed by atoms with Crippen molar-refractivity contribution in [3.63, 3.8) is 0 Å². The van der Waals surface area contributed by atoms with Gasteiger partial charge in [-0.3, -0.25) is 19.7 Å². The van der Waals surface area contributed by atoms with Gasteiger partial charge in [0.25, 0.3) is 5.69 Å². The Bertz CT molecular complexity index is 731. The molecule has 1 amide bonds. The van der Waals surface area contributed by atoms with E-state index in [1.807, 2.05) is 0 Å². The van der Waals surface area contributed by atoms with Gasteiger partial charge in [0.1, 0.15) is 5.25 Å². The standard InChI is InChI=1S/C13H12N4O5S/c1-7(8-3-2-4-9(5-8)17(21)22)15-16-13-14-12(20)10(23-13)6-11(18)19/h2-5,10H,6H2,1H3,(H,18,19)(H,14,16,20)/b15-7-. The van der Waals surface area contributed by atoms with Crippen molar-refractivity contribution in [2.24, 2.45) is 10.2 Å². The van der Waals surface area contributed by atoms with Crippen molar-refractivity contribution in [3.8, 4) is 0 Å². The minimum atomic E-state index is -1.07. The number of aliphatic carboxylic acids is 1. The van der Waals surface area contributed by atoms with E-state index in [1.165, 1.54) is 18.2 Å². The number of carboxylic acids is 1. The van der Waals surface area contributed by atoms with Gasteiger partial charge in [-0.2, -0.15) is 5.10 Å². The fourth-order valence-electron chi connectivity index (χ4n) is 1.77. The van der Waals surface area contributed by atoms with Crippen molar-refractivity contribution in [1.29, 1.82) is 0 Å². The van der Waals surface area contributed by atoms with Gasteiger partial charge in [0.05, 0.1) is 17.1 Å². The summed E-state index contributed by atoms with van der Waals surface area (Å²) in [7, 11) is 0. The highest BCUT2D eigenvalue weighted by molar-refractivity contribution is 8.15. The number of nitrogens with one attached hydrogen (secondary N) is 1. The summed E-state index contributed by atoms with van der Waals surface area (Å²) >= 11 is 0.986.